The Morgan fingerprint density at radius 1 is 1.25 bits per heavy atom. The number of methoxy groups -OCH3 is 1. The Kier molecular flexibility index (Phi) is 5.20. The zero-order valence-electron chi connectivity index (χ0n) is 11.6. The molecule has 20 heavy (non-hydrogen) atoms. The number of hydrogen-bond donors (Lipinski definition) is 0. The van der Waals surface area contributed by atoms with Gasteiger partial charge in [0.15, 0.2) is 0 Å². The molecule has 2 aromatic rings. The number of carbonyl (C=O) groups is 1. The molecule has 1 aromatic heterocycles. The first-order valence-electron chi connectivity index (χ1n) is 6.47. The van der Waals surface area contributed by atoms with Crippen molar-refractivity contribution in [1.29, 1.82) is 0 Å². The van der Waals surface area contributed by atoms with E-state index in [2.05, 4.69) is 15.9 Å². The summed E-state index contributed by atoms with van der Waals surface area (Å²) in [6.07, 6.45) is 1.65. The van der Waals surface area contributed by atoms with Gasteiger partial charge in [0.2, 0.25) is 5.76 Å². The third kappa shape index (κ3) is 3.61. The molecule has 0 bridgehead atoms. The van der Waals surface area contributed by atoms with Gasteiger partial charge >= 0.3 is 5.97 Å². The highest BCUT2D eigenvalue weighted by Gasteiger charge is 2.15. The lowest BCUT2D eigenvalue weighted by Gasteiger charge is -2.02. The summed E-state index contributed by atoms with van der Waals surface area (Å²) in [4.78, 5) is 11.9. The first kappa shape index (κ1) is 15.1. The van der Waals surface area contributed by atoms with Crippen molar-refractivity contribution < 1.29 is 18.7 Å². The van der Waals surface area contributed by atoms with Gasteiger partial charge in [0.1, 0.15) is 5.58 Å². The number of rotatable bonds is 6. The monoisotopic (exact) mass is 340 g/mol. The van der Waals surface area contributed by atoms with Gasteiger partial charge in [-0.15, -0.1) is 0 Å². The lowest BCUT2D eigenvalue weighted by atomic mass is 10.2. The van der Waals surface area contributed by atoms with Gasteiger partial charge in [0, 0.05) is 19.1 Å². The average molecular weight is 341 g/mol. The van der Waals surface area contributed by atoms with Crippen molar-refractivity contribution in [3.63, 3.8) is 0 Å². The quantitative estimate of drug-likeness (QED) is 0.587. The number of aryl methyl sites for hydroxylation is 1. The average Bonchev–Trinajstić information content (AvgIpc) is 2.82. The van der Waals surface area contributed by atoms with Gasteiger partial charge in [0.25, 0.3) is 0 Å². The van der Waals surface area contributed by atoms with E-state index in [0.29, 0.717) is 18.8 Å². The molecule has 0 fully saturated rings. The summed E-state index contributed by atoms with van der Waals surface area (Å²) in [7, 11) is 1.65. The molecule has 0 amide bonds. The summed E-state index contributed by atoms with van der Waals surface area (Å²) < 4.78 is 16.5. The lowest BCUT2D eigenvalue weighted by molar-refractivity contribution is 0.0456. The summed E-state index contributed by atoms with van der Waals surface area (Å²) in [5.41, 5.74) is 1.77. The van der Waals surface area contributed by atoms with Crippen molar-refractivity contribution in [3.05, 3.63) is 34.0 Å². The minimum absolute atomic E-state index is 0.234. The molecule has 0 aliphatic rings. The van der Waals surface area contributed by atoms with E-state index < -0.39 is 5.97 Å². The molecule has 0 saturated heterocycles. The van der Waals surface area contributed by atoms with E-state index in [4.69, 9.17) is 13.9 Å². The Morgan fingerprint density at radius 2 is 2.00 bits per heavy atom. The fourth-order valence-electron chi connectivity index (χ4n) is 1.94. The number of esters is 1. The van der Waals surface area contributed by atoms with Crippen LogP contribution in [0.15, 0.2) is 27.1 Å². The van der Waals surface area contributed by atoms with Crippen LogP contribution in [0.3, 0.4) is 0 Å². The van der Waals surface area contributed by atoms with Crippen LogP contribution in [-0.2, 0) is 9.47 Å². The molecule has 5 heteroatoms. The first-order chi connectivity index (χ1) is 9.61. The van der Waals surface area contributed by atoms with Crippen LogP contribution >= 0.6 is 15.9 Å². The minimum atomic E-state index is -0.428. The molecule has 1 heterocycles. The largest absolute Gasteiger partial charge is 0.460 e. The fourth-order valence-corrected chi connectivity index (χ4v) is 2.61. The molecule has 0 atom stereocenters. The number of hydrogen-bond acceptors (Lipinski definition) is 4. The molecule has 108 valence electrons. The summed E-state index contributed by atoms with van der Waals surface area (Å²) in [6, 6.07) is 5.63. The van der Waals surface area contributed by atoms with Crippen LogP contribution in [0.2, 0.25) is 0 Å². The summed E-state index contributed by atoms with van der Waals surface area (Å²) in [5.74, 6) is -0.193. The van der Waals surface area contributed by atoms with E-state index in [1.165, 1.54) is 0 Å². The maximum Gasteiger partial charge on any atom is 0.374 e. The van der Waals surface area contributed by atoms with Gasteiger partial charge in [-0.05, 0) is 59.5 Å². The highest BCUT2D eigenvalue weighted by molar-refractivity contribution is 9.10. The fraction of sp³-hybridized carbons (Fsp3) is 0.400. The molecular formula is C15H17BrO4. The predicted molar refractivity (Wildman–Crippen MR) is 80.0 cm³/mol. The third-order valence-corrected chi connectivity index (χ3v) is 3.48. The van der Waals surface area contributed by atoms with Gasteiger partial charge in [-0.3, -0.25) is 0 Å². The van der Waals surface area contributed by atoms with Crippen LogP contribution in [0.25, 0.3) is 11.0 Å². The van der Waals surface area contributed by atoms with Gasteiger partial charge in [-0.25, -0.2) is 4.79 Å². The van der Waals surface area contributed by atoms with Crippen LogP contribution in [-0.4, -0.2) is 26.3 Å². The molecule has 1 aromatic carbocycles. The van der Waals surface area contributed by atoms with Crippen molar-refractivity contribution in [2.24, 2.45) is 0 Å². The smallest absolute Gasteiger partial charge is 0.374 e. The molecule has 0 aliphatic carbocycles. The molecule has 4 nitrogen and oxygen atoms in total. The zero-order chi connectivity index (χ0) is 14.5. The van der Waals surface area contributed by atoms with Crippen LogP contribution in [0.5, 0.6) is 0 Å². The zero-order valence-corrected chi connectivity index (χ0v) is 13.2. The van der Waals surface area contributed by atoms with Crippen molar-refractivity contribution in [1.82, 2.24) is 0 Å². The normalized spacial score (nSPS) is 10.9. The summed E-state index contributed by atoms with van der Waals surface area (Å²) in [5, 5.41) is 0.892. The molecule has 0 N–H and O–H groups in total. The van der Waals surface area contributed by atoms with Crippen LogP contribution in [0, 0.1) is 6.92 Å². The minimum Gasteiger partial charge on any atom is -0.460 e. The second-order valence-electron chi connectivity index (χ2n) is 4.61. The van der Waals surface area contributed by atoms with E-state index in [-0.39, 0.29) is 5.76 Å². The first-order valence-corrected chi connectivity index (χ1v) is 7.27. The summed E-state index contributed by atoms with van der Waals surface area (Å²) >= 11 is 3.43. The standard InChI is InChI=1S/C15H17BrO4/c1-10-7-11-9-13(20-14(11)12(16)8-10)15(17)19-6-4-3-5-18-2/h7-9H,3-6H2,1-2H3. The molecular weight excluding hydrogens is 324 g/mol. The van der Waals surface area contributed by atoms with Gasteiger partial charge < -0.3 is 13.9 Å². The van der Waals surface area contributed by atoms with Crippen molar-refractivity contribution in [2.75, 3.05) is 20.3 Å². The Morgan fingerprint density at radius 3 is 2.75 bits per heavy atom. The Balaban J connectivity index is 2.02. The van der Waals surface area contributed by atoms with Gasteiger partial charge in [0.05, 0.1) is 11.1 Å². The number of fused-ring (bicyclic) bond motifs is 1. The number of halogens is 1. The van der Waals surface area contributed by atoms with E-state index in [0.717, 1.165) is 28.3 Å². The second kappa shape index (κ2) is 6.90. The maximum atomic E-state index is 11.9. The van der Waals surface area contributed by atoms with E-state index >= 15 is 0 Å². The molecule has 2 rings (SSSR count). The van der Waals surface area contributed by atoms with Crippen molar-refractivity contribution in [3.8, 4) is 0 Å². The highest BCUT2D eigenvalue weighted by Crippen LogP contribution is 2.29. The van der Waals surface area contributed by atoms with E-state index in [9.17, 15) is 4.79 Å². The Bertz CT molecular complexity index is 603. The maximum absolute atomic E-state index is 11.9. The molecule has 0 aliphatic heterocycles. The molecule has 0 radical (unpaired) electrons. The lowest BCUT2D eigenvalue weighted by Crippen LogP contribution is -2.05. The van der Waals surface area contributed by atoms with E-state index in [1.807, 2.05) is 19.1 Å². The van der Waals surface area contributed by atoms with E-state index in [1.54, 1.807) is 13.2 Å². The van der Waals surface area contributed by atoms with Crippen LogP contribution in [0.1, 0.15) is 29.0 Å². The number of furan rings is 1. The van der Waals surface area contributed by atoms with Crippen molar-refractivity contribution in [2.45, 2.75) is 19.8 Å². The van der Waals surface area contributed by atoms with Gasteiger partial charge in [-0.1, -0.05) is 0 Å². The third-order valence-electron chi connectivity index (χ3n) is 2.89. The van der Waals surface area contributed by atoms with Gasteiger partial charge in [-0.2, -0.15) is 0 Å². The van der Waals surface area contributed by atoms with Crippen LogP contribution in [0.4, 0.5) is 0 Å². The second-order valence-corrected chi connectivity index (χ2v) is 5.47. The van der Waals surface area contributed by atoms with Crippen molar-refractivity contribution >= 4 is 32.9 Å². The topological polar surface area (TPSA) is 48.7 Å². The molecule has 0 unspecified atom stereocenters. The number of ether oxygens (including phenoxy) is 2. The Labute approximate surface area is 126 Å². The molecule has 0 saturated carbocycles. The number of carbonyl (C=O) groups excluding carboxylic acids is 1. The Hall–Kier alpha value is -1.33. The predicted octanol–water partition coefficient (Wildman–Crippen LogP) is 4.09. The van der Waals surface area contributed by atoms with Crippen LogP contribution < -0.4 is 0 Å². The summed E-state index contributed by atoms with van der Waals surface area (Å²) in [6.45, 7) is 3.04. The molecule has 0 spiro atoms. The number of benzene rings is 1. The SMILES string of the molecule is COCCCCOC(=O)c1cc2cc(C)cc(Br)c2o1. The highest BCUT2D eigenvalue weighted by atomic mass is 79.9. The number of unbranched alkanes of at least 4 members (excludes halogenated alkanes) is 1.